The van der Waals surface area contributed by atoms with Gasteiger partial charge in [-0.25, -0.2) is 13.1 Å². The van der Waals surface area contributed by atoms with Gasteiger partial charge in [0.2, 0.25) is 34.4 Å². The number of likely N-dealkylation sites (tertiary alicyclic amines) is 1. The van der Waals surface area contributed by atoms with E-state index in [1.165, 1.54) is 19.1 Å². The van der Waals surface area contributed by atoms with E-state index in [2.05, 4.69) is 20.2 Å². The highest BCUT2D eigenvalue weighted by Gasteiger charge is 2.36. The van der Waals surface area contributed by atoms with Gasteiger partial charge in [0, 0.05) is 30.8 Å². The molecule has 2 N–H and O–H groups in total. The molecule has 1 saturated heterocycles. The van der Waals surface area contributed by atoms with Crippen LogP contribution in [0.5, 0.6) is 11.5 Å². The van der Waals surface area contributed by atoms with Gasteiger partial charge in [-0.1, -0.05) is 5.16 Å². The standard InChI is InChI=1S/C22H23N5O6S/c1-13(28)23-15-4-6-17(7-5-15)34(29,30)26-16-10-18(27(2)11-16)22-24-21(25-33-22)14-3-8-19-20(9-14)32-12-31-19/h3-9,16,18,26H,10-12H2,1-2H3,(H,23,28). The van der Waals surface area contributed by atoms with E-state index in [-0.39, 0.29) is 29.7 Å². The van der Waals surface area contributed by atoms with Gasteiger partial charge in [0.15, 0.2) is 11.5 Å². The number of hydrogen-bond acceptors (Lipinski definition) is 9. The SMILES string of the molecule is CC(=O)Nc1ccc(S(=O)(=O)NC2CC(c3nc(-c4ccc5c(c4)OCO5)no3)N(C)C2)cc1. The van der Waals surface area contributed by atoms with Crippen LogP contribution in [0.3, 0.4) is 0 Å². The maximum atomic E-state index is 12.9. The summed E-state index contributed by atoms with van der Waals surface area (Å²) in [6.07, 6.45) is 0.475. The van der Waals surface area contributed by atoms with Crippen molar-refractivity contribution in [2.24, 2.45) is 0 Å². The van der Waals surface area contributed by atoms with Crippen LogP contribution in [0.1, 0.15) is 25.3 Å². The lowest BCUT2D eigenvalue weighted by Crippen LogP contribution is -2.36. The van der Waals surface area contributed by atoms with E-state index in [1.807, 2.05) is 18.0 Å². The Labute approximate surface area is 196 Å². The van der Waals surface area contributed by atoms with Crippen LogP contribution in [0.25, 0.3) is 11.4 Å². The van der Waals surface area contributed by atoms with Gasteiger partial charge < -0.3 is 19.3 Å². The number of anilines is 1. The molecule has 3 heterocycles. The second-order valence-electron chi connectivity index (χ2n) is 8.24. The number of rotatable bonds is 6. The molecule has 1 fully saturated rings. The lowest BCUT2D eigenvalue weighted by Gasteiger charge is -2.14. The number of nitrogens with zero attached hydrogens (tertiary/aromatic N) is 3. The summed E-state index contributed by atoms with van der Waals surface area (Å²) in [7, 11) is -1.86. The number of likely N-dealkylation sites (N-methyl/N-ethyl adjacent to an activating group) is 1. The molecule has 34 heavy (non-hydrogen) atoms. The second-order valence-corrected chi connectivity index (χ2v) is 9.95. The highest BCUT2D eigenvalue weighted by molar-refractivity contribution is 7.89. The number of hydrogen-bond donors (Lipinski definition) is 2. The monoisotopic (exact) mass is 485 g/mol. The zero-order chi connectivity index (χ0) is 23.9. The third kappa shape index (κ3) is 4.47. The van der Waals surface area contributed by atoms with Crippen molar-refractivity contribution in [1.82, 2.24) is 19.8 Å². The number of sulfonamides is 1. The Bertz CT molecular complexity index is 1320. The van der Waals surface area contributed by atoms with E-state index >= 15 is 0 Å². The number of fused-ring (bicyclic) bond motifs is 1. The Balaban J connectivity index is 1.27. The van der Waals surface area contributed by atoms with Gasteiger partial charge in [0.25, 0.3) is 0 Å². The molecule has 0 saturated carbocycles. The first-order chi connectivity index (χ1) is 16.3. The molecule has 2 aliphatic rings. The fourth-order valence-corrected chi connectivity index (χ4v) is 5.35. The Morgan fingerprint density at radius 3 is 2.65 bits per heavy atom. The van der Waals surface area contributed by atoms with E-state index < -0.39 is 10.0 Å². The normalized spacial score (nSPS) is 19.9. The van der Waals surface area contributed by atoms with E-state index in [9.17, 15) is 13.2 Å². The number of ether oxygens (including phenoxy) is 2. The molecule has 0 aliphatic carbocycles. The van der Waals surface area contributed by atoms with E-state index in [4.69, 9.17) is 14.0 Å². The topological polar surface area (TPSA) is 136 Å². The molecule has 12 heteroatoms. The molecule has 2 aromatic carbocycles. The van der Waals surface area contributed by atoms with Crippen molar-refractivity contribution in [3.05, 3.63) is 48.4 Å². The third-order valence-electron chi connectivity index (χ3n) is 5.71. The third-order valence-corrected chi connectivity index (χ3v) is 7.25. The Kier molecular flexibility index (Phi) is 5.71. The zero-order valence-electron chi connectivity index (χ0n) is 18.5. The van der Waals surface area contributed by atoms with Crippen molar-refractivity contribution in [3.8, 4) is 22.9 Å². The largest absolute Gasteiger partial charge is 0.454 e. The summed E-state index contributed by atoms with van der Waals surface area (Å²) in [6, 6.07) is 10.9. The number of benzene rings is 2. The van der Waals surface area contributed by atoms with Crippen LogP contribution >= 0.6 is 0 Å². The van der Waals surface area contributed by atoms with Crippen molar-refractivity contribution in [2.45, 2.75) is 30.3 Å². The molecule has 2 unspecified atom stereocenters. The smallest absolute Gasteiger partial charge is 0.244 e. The molecule has 1 amide bonds. The minimum absolute atomic E-state index is 0.121. The average Bonchev–Trinajstić information content (AvgIpc) is 3.52. The van der Waals surface area contributed by atoms with Crippen molar-refractivity contribution in [1.29, 1.82) is 0 Å². The Hall–Kier alpha value is -3.48. The van der Waals surface area contributed by atoms with Crippen molar-refractivity contribution in [2.75, 3.05) is 25.7 Å². The van der Waals surface area contributed by atoms with Crippen LogP contribution < -0.4 is 19.5 Å². The summed E-state index contributed by atoms with van der Waals surface area (Å²) in [5.74, 6) is 1.90. The Morgan fingerprint density at radius 2 is 1.88 bits per heavy atom. The number of nitrogens with one attached hydrogen (secondary N) is 2. The molecule has 2 atom stereocenters. The van der Waals surface area contributed by atoms with Crippen LogP contribution in [0.15, 0.2) is 51.9 Å². The summed E-state index contributed by atoms with van der Waals surface area (Å²) in [6.45, 7) is 2.05. The maximum Gasteiger partial charge on any atom is 0.244 e. The van der Waals surface area contributed by atoms with Crippen molar-refractivity contribution in [3.63, 3.8) is 0 Å². The van der Waals surface area contributed by atoms with Crippen molar-refractivity contribution >= 4 is 21.6 Å². The number of carbonyl (C=O) groups is 1. The lowest BCUT2D eigenvalue weighted by molar-refractivity contribution is -0.114. The molecule has 3 aromatic rings. The van der Waals surface area contributed by atoms with Gasteiger partial charge >= 0.3 is 0 Å². The summed E-state index contributed by atoms with van der Waals surface area (Å²) >= 11 is 0. The molecule has 5 rings (SSSR count). The van der Waals surface area contributed by atoms with Crippen LogP contribution in [-0.4, -0.2) is 55.8 Å². The van der Waals surface area contributed by atoms with E-state index in [1.54, 1.807) is 24.3 Å². The van der Waals surface area contributed by atoms with Gasteiger partial charge in [-0.2, -0.15) is 4.98 Å². The molecular formula is C22H23N5O6S. The zero-order valence-corrected chi connectivity index (χ0v) is 19.3. The molecule has 2 aliphatic heterocycles. The minimum Gasteiger partial charge on any atom is -0.454 e. The Morgan fingerprint density at radius 1 is 1.12 bits per heavy atom. The van der Waals surface area contributed by atoms with E-state index in [0.29, 0.717) is 41.9 Å². The van der Waals surface area contributed by atoms with Gasteiger partial charge in [-0.15, -0.1) is 0 Å². The summed E-state index contributed by atoms with van der Waals surface area (Å²) in [5, 5.41) is 6.70. The molecule has 0 spiro atoms. The van der Waals surface area contributed by atoms with Crippen molar-refractivity contribution < 1.29 is 27.2 Å². The second kappa shape index (κ2) is 8.70. The van der Waals surface area contributed by atoms with Gasteiger partial charge in [0.05, 0.1) is 10.9 Å². The highest BCUT2D eigenvalue weighted by Crippen LogP contribution is 2.36. The predicted octanol–water partition coefficient (Wildman–Crippen LogP) is 2.15. The van der Waals surface area contributed by atoms with Gasteiger partial charge in [-0.05, 0) is 55.9 Å². The van der Waals surface area contributed by atoms with Gasteiger partial charge in [-0.3, -0.25) is 9.69 Å². The molecule has 0 radical (unpaired) electrons. The number of amides is 1. The minimum atomic E-state index is -3.74. The first kappa shape index (κ1) is 22.3. The number of aromatic nitrogens is 2. The average molecular weight is 486 g/mol. The fraction of sp³-hybridized carbons (Fsp3) is 0.318. The molecule has 1 aromatic heterocycles. The fourth-order valence-electron chi connectivity index (χ4n) is 4.11. The first-order valence-corrected chi connectivity index (χ1v) is 12.1. The summed E-state index contributed by atoms with van der Waals surface area (Å²) < 4.78 is 44.7. The van der Waals surface area contributed by atoms with Gasteiger partial charge in [0.1, 0.15) is 0 Å². The molecule has 0 bridgehead atoms. The quantitative estimate of drug-likeness (QED) is 0.538. The summed E-state index contributed by atoms with van der Waals surface area (Å²) in [5.41, 5.74) is 1.27. The summed E-state index contributed by atoms with van der Waals surface area (Å²) in [4.78, 5) is 17.8. The van der Waals surface area contributed by atoms with Crippen LogP contribution in [0.2, 0.25) is 0 Å². The molecular weight excluding hydrogens is 462 g/mol. The molecule has 11 nitrogen and oxygen atoms in total. The molecule has 178 valence electrons. The predicted molar refractivity (Wildman–Crippen MR) is 121 cm³/mol. The lowest BCUT2D eigenvalue weighted by atomic mass is 10.1. The van der Waals surface area contributed by atoms with E-state index in [0.717, 1.165) is 5.56 Å². The van der Waals surface area contributed by atoms with Crippen LogP contribution in [0, 0.1) is 0 Å². The number of carbonyl (C=O) groups excluding carboxylic acids is 1. The highest BCUT2D eigenvalue weighted by atomic mass is 32.2. The van der Waals surface area contributed by atoms with Crippen LogP contribution in [-0.2, 0) is 14.8 Å². The maximum absolute atomic E-state index is 12.9. The van der Waals surface area contributed by atoms with Crippen LogP contribution in [0.4, 0.5) is 5.69 Å². The first-order valence-electron chi connectivity index (χ1n) is 10.6.